The van der Waals surface area contributed by atoms with Crippen LogP contribution in [0.25, 0.3) is 0 Å². The second-order valence-electron chi connectivity index (χ2n) is 2.82. The van der Waals surface area contributed by atoms with Gasteiger partial charge in [0.15, 0.2) is 5.82 Å². The molecule has 0 fully saturated rings. The fourth-order valence-electron chi connectivity index (χ4n) is 1.17. The molecule has 6 nitrogen and oxygen atoms in total. The second kappa shape index (κ2) is 3.51. The predicted octanol–water partition coefficient (Wildman–Crippen LogP) is -0.472. The van der Waals surface area contributed by atoms with Gasteiger partial charge in [0, 0.05) is 18.9 Å². The minimum atomic E-state index is -0.119. The number of carbonyl (C=O) groups is 1. The molecular formula is C8H9N5O. The summed E-state index contributed by atoms with van der Waals surface area (Å²) >= 11 is 0. The number of nitrogens with two attached hydrogens (primary N) is 1. The van der Waals surface area contributed by atoms with E-state index in [2.05, 4.69) is 15.1 Å². The third-order valence-corrected chi connectivity index (χ3v) is 1.84. The third-order valence-electron chi connectivity index (χ3n) is 1.84. The fourth-order valence-corrected chi connectivity index (χ4v) is 1.17. The number of hydrogen-bond donors (Lipinski definition) is 1. The molecule has 0 saturated heterocycles. The van der Waals surface area contributed by atoms with Gasteiger partial charge in [0.1, 0.15) is 0 Å². The summed E-state index contributed by atoms with van der Waals surface area (Å²) in [5.74, 6) is 0.312. The van der Waals surface area contributed by atoms with E-state index in [1.807, 2.05) is 0 Å². The number of anilines is 1. The van der Waals surface area contributed by atoms with Gasteiger partial charge < -0.3 is 5.73 Å². The van der Waals surface area contributed by atoms with Crippen molar-refractivity contribution in [1.82, 2.24) is 9.97 Å². The first-order valence-electron chi connectivity index (χ1n) is 4.16. The maximum Gasteiger partial charge on any atom is 0.254 e. The third kappa shape index (κ3) is 1.47. The van der Waals surface area contributed by atoms with Gasteiger partial charge in [-0.25, -0.2) is 4.98 Å². The highest BCUT2D eigenvalue weighted by Crippen LogP contribution is 2.15. The van der Waals surface area contributed by atoms with E-state index in [4.69, 9.17) is 5.73 Å². The number of rotatable bonds is 2. The van der Waals surface area contributed by atoms with Crippen molar-refractivity contribution in [2.24, 2.45) is 10.8 Å². The summed E-state index contributed by atoms with van der Waals surface area (Å²) in [6.45, 7) is 0.294. The number of nitrogens with zero attached hydrogens (tertiary/aromatic N) is 4. The van der Waals surface area contributed by atoms with E-state index < -0.39 is 0 Å². The zero-order valence-electron chi connectivity index (χ0n) is 7.42. The molecule has 0 unspecified atom stereocenters. The molecule has 2 rings (SSSR count). The fraction of sp³-hybridized carbons (Fsp3) is 0.250. The van der Waals surface area contributed by atoms with Gasteiger partial charge >= 0.3 is 0 Å². The van der Waals surface area contributed by atoms with Crippen molar-refractivity contribution in [2.45, 2.75) is 6.42 Å². The van der Waals surface area contributed by atoms with Crippen molar-refractivity contribution in [3.05, 3.63) is 18.6 Å². The molecule has 0 radical (unpaired) electrons. The van der Waals surface area contributed by atoms with E-state index in [-0.39, 0.29) is 12.3 Å². The van der Waals surface area contributed by atoms with Crippen LogP contribution in [-0.2, 0) is 4.79 Å². The Labute approximate surface area is 80.5 Å². The molecule has 72 valence electrons. The molecule has 1 aliphatic heterocycles. The first-order valence-corrected chi connectivity index (χ1v) is 4.16. The largest absolute Gasteiger partial charge is 0.325 e. The lowest BCUT2D eigenvalue weighted by Crippen LogP contribution is -2.20. The second-order valence-corrected chi connectivity index (χ2v) is 2.82. The molecule has 0 bridgehead atoms. The van der Waals surface area contributed by atoms with Gasteiger partial charge in [-0.3, -0.25) is 9.78 Å². The highest BCUT2D eigenvalue weighted by molar-refractivity contribution is 6.13. The van der Waals surface area contributed by atoms with Crippen LogP contribution in [0.15, 0.2) is 23.7 Å². The summed E-state index contributed by atoms with van der Waals surface area (Å²) in [6.07, 6.45) is 4.81. The van der Waals surface area contributed by atoms with Crippen LogP contribution in [0, 0.1) is 0 Å². The van der Waals surface area contributed by atoms with Gasteiger partial charge in [0.05, 0.1) is 18.3 Å². The summed E-state index contributed by atoms with van der Waals surface area (Å²) in [4.78, 5) is 19.3. The Morgan fingerprint density at radius 1 is 1.50 bits per heavy atom. The zero-order chi connectivity index (χ0) is 9.97. The maximum absolute atomic E-state index is 11.4. The molecule has 0 aromatic carbocycles. The van der Waals surface area contributed by atoms with Gasteiger partial charge in [-0.05, 0) is 0 Å². The van der Waals surface area contributed by atoms with Crippen molar-refractivity contribution in [3.8, 4) is 0 Å². The van der Waals surface area contributed by atoms with Crippen molar-refractivity contribution in [2.75, 3.05) is 11.6 Å². The van der Waals surface area contributed by atoms with Gasteiger partial charge in [0.2, 0.25) is 0 Å². The molecule has 1 amide bonds. The summed E-state index contributed by atoms with van der Waals surface area (Å²) in [6, 6.07) is 0. The Morgan fingerprint density at radius 2 is 2.36 bits per heavy atom. The van der Waals surface area contributed by atoms with E-state index in [1.165, 1.54) is 23.6 Å². The van der Waals surface area contributed by atoms with Crippen molar-refractivity contribution < 1.29 is 4.79 Å². The lowest BCUT2D eigenvalue weighted by molar-refractivity contribution is -0.116. The van der Waals surface area contributed by atoms with E-state index in [0.29, 0.717) is 18.1 Å². The van der Waals surface area contributed by atoms with Crippen molar-refractivity contribution in [3.63, 3.8) is 0 Å². The molecule has 0 atom stereocenters. The summed E-state index contributed by atoms with van der Waals surface area (Å²) in [7, 11) is 0. The van der Waals surface area contributed by atoms with E-state index in [9.17, 15) is 4.79 Å². The number of amides is 1. The molecule has 6 heteroatoms. The Hall–Kier alpha value is -1.82. The van der Waals surface area contributed by atoms with Crippen LogP contribution in [0.3, 0.4) is 0 Å². The minimum Gasteiger partial charge on any atom is -0.325 e. The minimum absolute atomic E-state index is 0.119. The molecule has 1 aromatic rings. The van der Waals surface area contributed by atoms with Crippen LogP contribution in [0.2, 0.25) is 0 Å². The smallest absolute Gasteiger partial charge is 0.254 e. The average Bonchev–Trinajstić information content (AvgIpc) is 2.61. The summed E-state index contributed by atoms with van der Waals surface area (Å²) < 4.78 is 0. The Morgan fingerprint density at radius 3 is 2.93 bits per heavy atom. The van der Waals surface area contributed by atoms with E-state index in [0.717, 1.165) is 0 Å². The van der Waals surface area contributed by atoms with Gasteiger partial charge in [-0.2, -0.15) is 10.1 Å². The highest BCUT2D eigenvalue weighted by Gasteiger charge is 2.24. The average molecular weight is 191 g/mol. The van der Waals surface area contributed by atoms with Crippen molar-refractivity contribution in [1.29, 1.82) is 0 Å². The molecule has 1 aliphatic rings. The topological polar surface area (TPSA) is 84.5 Å². The maximum atomic E-state index is 11.4. The van der Waals surface area contributed by atoms with Crippen LogP contribution < -0.4 is 10.7 Å². The molecule has 2 heterocycles. The molecule has 0 saturated carbocycles. The molecule has 2 N–H and O–H groups in total. The predicted molar refractivity (Wildman–Crippen MR) is 50.6 cm³/mol. The van der Waals surface area contributed by atoms with Gasteiger partial charge in [0.25, 0.3) is 5.91 Å². The lowest BCUT2D eigenvalue weighted by Gasteiger charge is -2.08. The van der Waals surface area contributed by atoms with Crippen LogP contribution >= 0.6 is 0 Å². The molecular weight excluding hydrogens is 182 g/mol. The van der Waals surface area contributed by atoms with Crippen molar-refractivity contribution >= 4 is 17.4 Å². The molecule has 0 aliphatic carbocycles. The normalized spacial score (nSPS) is 15.9. The first-order chi connectivity index (χ1) is 6.81. The molecule has 0 spiro atoms. The number of hydrazone groups is 1. The summed E-state index contributed by atoms with van der Waals surface area (Å²) in [5.41, 5.74) is 6.06. The molecule has 1 aromatic heterocycles. The van der Waals surface area contributed by atoms with Crippen LogP contribution in [0.1, 0.15) is 6.42 Å². The Balaban J connectivity index is 2.28. The highest BCUT2D eigenvalue weighted by atomic mass is 16.2. The standard InChI is InChI=1S/C8H9N5O/c9-4-6-3-8(14)13(12-6)7-5-10-1-2-11-7/h1-2,5H,3-4,9H2. The van der Waals surface area contributed by atoms with Crippen LogP contribution in [0.5, 0.6) is 0 Å². The zero-order valence-corrected chi connectivity index (χ0v) is 7.42. The first kappa shape index (κ1) is 8.76. The SMILES string of the molecule is NCC1=NN(c2cnccn2)C(=O)C1. The monoisotopic (exact) mass is 191 g/mol. The molecule has 14 heavy (non-hydrogen) atoms. The number of aromatic nitrogens is 2. The number of hydrogen-bond acceptors (Lipinski definition) is 5. The van der Waals surface area contributed by atoms with Crippen LogP contribution in [0.4, 0.5) is 5.82 Å². The quantitative estimate of drug-likeness (QED) is 0.684. The van der Waals surface area contributed by atoms with Gasteiger partial charge in [-0.1, -0.05) is 0 Å². The number of carbonyl (C=O) groups excluding carboxylic acids is 1. The van der Waals surface area contributed by atoms with Gasteiger partial charge in [-0.15, -0.1) is 0 Å². The Bertz CT molecular complexity index is 375. The lowest BCUT2D eigenvalue weighted by atomic mass is 10.3. The van der Waals surface area contributed by atoms with E-state index in [1.54, 1.807) is 0 Å². The van der Waals surface area contributed by atoms with E-state index >= 15 is 0 Å². The Kier molecular flexibility index (Phi) is 2.19. The van der Waals surface area contributed by atoms with Crippen LogP contribution in [-0.4, -0.2) is 28.1 Å². The summed E-state index contributed by atoms with van der Waals surface area (Å²) in [5, 5.41) is 5.26.